The van der Waals surface area contributed by atoms with Crippen LogP contribution in [0.4, 0.5) is 0 Å². The number of hydrogen-bond acceptors (Lipinski definition) is 2. The molecule has 1 saturated heterocycles. The second-order valence-electron chi connectivity index (χ2n) is 6.90. The van der Waals surface area contributed by atoms with Crippen LogP contribution in [0.15, 0.2) is 12.1 Å². The first-order chi connectivity index (χ1) is 11.0. The minimum Gasteiger partial charge on any atom is -0.358 e. The maximum Gasteiger partial charge on any atom is 0.220 e. The molecule has 1 aliphatic rings. The monoisotopic (exact) mass is 349 g/mol. The van der Waals surface area contributed by atoms with Gasteiger partial charge in [-0.1, -0.05) is 11.6 Å². The van der Waals surface area contributed by atoms with Crippen molar-refractivity contribution in [3.05, 3.63) is 34.5 Å². The Labute approximate surface area is 150 Å². The number of aromatic amines is 1. The van der Waals surface area contributed by atoms with Crippen molar-refractivity contribution in [3.63, 3.8) is 0 Å². The number of nitrogens with one attached hydrogen (secondary N) is 3. The van der Waals surface area contributed by atoms with Gasteiger partial charge in [0, 0.05) is 24.0 Å². The maximum absolute atomic E-state index is 12.1. The minimum absolute atomic E-state index is 0. The number of benzene rings is 1. The summed E-state index contributed by atoms with van der Waals surface area (Å²) in [5, 5.41) is 7.71. The molecule has 0 spiro atoms. The molecule has 2 aromatic rings. The number of carbonyl (C=O) groups is 1. The van der Waals surface area contributed by atoms with Gasteiger partial charge in [-0.2, -0.15) is 0 Å². The van der Waals surface area contributed by atoms with Crippen molar-refractivity contribution < 1.29 is 4.79 Å². The largest absolute Gasteiger partial charge is 0.358 e. The minimum atomic E-state index is 0. The van der Waals surface area contributed by atoms with Crippen LogP contribution in [0.3, 0.4) is 0 Å². The van der Waals surface area contributed by atoms with Crippen LogP contribution in [0.25, 0.3) is 10.9 Å². The summed E-state index contributed by atoms with van der Waals surface area (Å²) in [5.41, 5.74) is 6.07. The van der Waals surface area contributed by atoms with Crippen molar-refractivity contribution in [3.8, 4) is 0 Å². The molecule has 0 bridgehead atoms. The Morgan fingerprint density at radius 3 is 2.79 bits per heavy atom. The molecular formula is C19H28ClN3O. The van der Waals surface area contributed by atoms with E-state index in [4.69, 9.17) is 0 Å². The molecule has 1 aromatic carbocycles. The van der Waals surface area contributed by atoms with Crippen LogP contribution in [-0.2, 0) is 11.3 Å². The first kappa shape index (κ1) is 18.8. The lowest BCUT2D eigenvalue weighted by Gasteiger charge is -2.10. The summed E-state index contributed by atoms with van der Waals surface area (Å²) in [6.07, 6.45) is 2.82. The van der Waals surface area contributed by atoms with E-state index in [0.717, 1.165) is 25.0 Å². The van der Waals surface area contributed by atoms with Crippen LogP contribution in [0, 0.1) is 26.7 Å². The molecule has 1 fully saturated rings. The van der Waals surface area contributed by atoms with Crippen molar-refractivity contribution >= 4 is 29.2 Å². The van der Waals surface area contributed by atoms with E-state index >= 15 is 0 Å². The number of hydrogen-bond donors (Lipinski definition) is 3. The summed E-state index contributed by atoms with van der Waals surface area (Å²) >= 11 is 0. The van der Waals surface area contributed by atoms with Crippen molar-refractivity contribution in [2.75, 3.05) is 13.1 Å². The fourth-order valence-electron chi connectivity index (χ4n) is 3.51. The molecule has 1 amide bonds. The Morgan fingerprint density at radius 2 is 2.08 bits per heavy atom. The highest BCUT2D eigenvalue weighted by molar-refractivity contribution is 5.88. The molecule has 24 heavy (non-hydrogen) atoms. The number of rotatable bonds is 5. The van der Waals surface area contributed by atoms with Crippen LogP contribution in [0.5, 0.6) is 0 Å². The molecule has 3 N–H and O–H groups in total. The molecule has 132 valence electrons. The molecular weight excluding hydrogens is 322 g/mol. The molecule has 2 heterocycles. The van der Waals surface area contributed by atoms with E-state index < -0.39 is 0 Å². The summed E-state index contributed by atoms with van der Waals surface area (Å²) in [6.45, 7) is 9.11. The zero-order chi connectivity index (χ0) is 16.4. The highest BCUT2D eigenvalue weighted by Crippen LogP contribution is 2.26. The van der Waals surface area contributed by atoms with Gasteiger partial charge in [0.05, 0.1) is 5.52 Å². The Morgan fingerprint density at radius 1 is 1.29 bits per heavy atom. The van der Waals surface area contributed by atoms with Gasteiger partial charge in [0.15, 0.2) is 0 Å². The predicted octanol–water partition coefficient (Wildman–Crippen LogP) is 3.52. The fourth-order valence-corrected chi connectivity index (χ4v) is 3.51. The highest BCUT2D eigenvalue weighted by atomic mass is 35.5. The molecule has 0 saturated carbocycles. The molecule has 0 radical (unpaired) electrons. The quantitative estimate of drug-likeness (QED) is 0.773. The van der Waals surface area contributed by atoms with E-state index in [9.17, 15) is 4.79 Å². The number of halogens is 1. The zero-order valence-electron chi connectivity index (χ0n) is 14.8. The third-order valence-electron chi connectivity index (χ3n) is 5.06. The summed E-state index contributed by atoms with van der Waals surface area (Å²) in [7, 11) is 0. The van der Waals surface area contributed by atoms with Gasteiger partial charge in [-0.25, -0.2) is 0 Å². The summed E-state index contributed by atoms with van der Waals surface area (Å²) in [4.78, 5) is 15.6. The van der Waals surface area contributed by atoms with Crippen LogP contribution < -0.4 is 10.6 Å². The van der Waals surface area contributed by atoms with Gasteiger partial charge < -0.3 is 15.6 Å². The van der Waals surface area contributed by atoms with Gasteiger partial charge in [0.2, 0.25) is 5.91 Å². The van der Waals surface area contributed by atoms with Gasteiger partial charge in [-0.05, 0) is 69.8 Å². The summed E-state index contributed by atoms with van der Waals surface area (Å²) < 4.78 is 0. The smallest absolute Gasteiger partial charge is 0.220 e. The molecule has 5 heteroatoms. The normalized spacial score (nSPS) is 17.0. The maximum atomic E-state index is 12.1. The van der Waals surface area contributed by atoms with E-state index in [0.29, 0.717) is 18.9 Å². The second-order valence-corrected chi connectivity index (χ2v) is 6.90. The van der Waals surface area contributed by atoms with E-state index in [1.165, 1.54) is 34.2 Å². The third-order valence-corrected chi connectivity index (χ3v) is 5.06. The molecule has 0 aliphatic carbocycles. The average molecular weight is 350 g/mol. The zero-order valence-corrected chi connectivity index (χ0v) is 15.6. The molecule has 4 nitrogen and oxygen atoms in total. The van der Waals surface area contributed by atoms with E-state index in [1.807, 2.05) is 0 Å². The first-order valence-corrected chi connectivity index (χ1v) is 8.60. The Kier molecular flexibility index (Phi) is 6.30. The standard InChI is InChI=1S/C19H27N3O.ClH/c1-12-8-16(19-17(9-12)13(2)14(3)22-19)11-21-18(23)5-4-15-6-7-20-10-15;/h8-9,15,20,22H,4-7,10-11H2,1-3H3,(H,21,23);1H. The fraction of sp³-hybridized carbons (Fsp3) is 0.526. The number of fused-ring (bicyclic) bond motifs is 1. The lowest BCUT2D eigenvalue weighted by molar-refractivity contribution is -0.121. The molecule has 1 aliphatic heterocycles. The third kappa shape index (κ3) is 4.11. The van der Waals surface area contributed by atoms with Gasteiger partial charge in [-0.15, -0.1) is 12.4 Å². The van der Waals surface area contributed by atoms with Gasteiger partial charge in [-0.3, -0.25) is 4.79 Å². The second kappa shape index (κ2) is 8.04. The predicted molar refractivity (Wildman–Crippen MR) is 102 cm³/mol. The van der Waals surface area contributed by atoms with E-state index in [1.54, 1.807) is 0 Å². The summed E-state index contributed by atoms with van der Waals surface area (Å²) in [6, 6.07) is 4.38. The SMILES string of the molecule is Cc1cc(CNC(=O)CCC2CCNC2)c2[nH]c(C)c(C)c2c1.Cl. The molecule has 3 rings (SSSR count). The first-order valence-electron chi connectivity index (χ1n) is 8.60. The number of aryl methyl sites for hydroxylation is 3. The van der Waals surface area contributed by atoms with Gasteiger partial charge in [0.1, 0.15) is 0 Å². The van der Waals surface area contributed by atoms with Crippen molar-refractivity contribution in [2.45, 2.75) is 46.6 Å². The number of amides is 1. The lowest BCUT2D eigenvalue weighted by Crippen LogP contribution is -2.23. The molecule has 1 aromatic heterocycles. The van der Waals surface area contributed by atoms with Crippen LogP contribution in [-0.4, -0.2) is 24.0 Å². The van der Waals surface area contributed by atoms with Gasteiger partial charge in [0.25, 0.3) is 0 Å². The lowest BCUT2D eigenvalue weighted by atomic mass is 10.0. The van der Waals surface area contributed by atoms with Gasteiger partial charge >= 0.3 is 0 Å². The highest BCUT2D eigenvalue weighted by Gasteiger charge is 2.16. The van der Waals surface area contributed by atoms with Crippen molar-refractivity contribution in [2.24, 2.45) is 5.92 Å². The van der Waals surface area contributed by atoms with Crippen LogP contribution >= 0.6 is 12.4 Å². The summed E-state index contributed by atoms with van der Waals surface area (Å²) in [5.74, 6) is 0.826. The number of H-pyrrole nitrogens is 1. The van der Waals surface area contributed by atoms with Crippen molar-refractivity contribution in [1.82, 2.24) is 15.6 Å². The van der Waals surface area contributed by atoms with Crippen LogP contribution in [0.1, 0.15) is 41.6 Å². The Bertz CT molecular complexity index is 717. The van der Waals surface area contributed by atoms with Crippen molar-refractivity contribution in [1.29, 1.82) is 0 Å². The topological polar surface area (TPSA) is 56.9 Å². The van der Waals surface area contributed by atoms with Crippen LogP contribution in [0.2, 0.25) is 0 Å². The molecule has 1 atom stereocenters. The molecule has 1 unspecified atom stereocenters. The van der Waals surface area contributed by atoms with E-state index in [-0.39, 0.29) is 18.3 Å². The average Bonchev–Trinajstić information content (AvgIpc) is 3.13. The number of carbonyl (C=O) groups excluding carboxylic acids is 1. The van der Waals surface area contributed by atoms with E-state index in [2.05, 4.69) is 48.5 Å². The Hall–Kier alpha value is -1.52. The Balaban J connectivity index is 0.00000208. The number of aromatic nitrogens is 1.